The number of rotatable bonds is 3. The fourth-order valence-electron chi connectivity index (χ4n) is 9.11. The van der Waals surface area contributed by atoms with Crippen molar-refractivity contribution in [3.8, 4) is 17.1 Å². The highest BCUT2D eigenvalue weighted by molar-refractivity contribution is 6.11. The van der Waals surface area contributed by atoms with Crippen molar-refractivity contribution in [2.45, 2.75) is 34.1 Å². The zero-order valence-corrected chi connectivity index (χ0v) is 28.3. The molecule has 236 valence electrons. The second kappa shape index (κ2) is 10.3. The Balaban J connectivity index is 1.45. The molecule has 6 aromatic carbocycles. The summed E-state index contributed by atoms with van der Waals surface area (Å²) in [6.45, 7) is 9.39. The fourth-order valence-corrected chi connectivity index (χ4v) is 9.11. The summed E-state index contributed by atoms with van der Waals surface area (Å²) in [6.07, 6.45) is 5.74. The molecule has 1 atom stereocenters. The third kappa shape index (κ3) is 3.79. The van der Waals surface area contributed by atoms with Crippen LogP contribution in [0.5, 0.6) is 0 Å². The highest BCUT2D eigenvalue weighted by atomic mass is 15.1. The van der Waals surface area contributed by atoms with E-state index in [0.29, 0.717) is 5.92 Å². The van der Waals surface area contributed by atoms with Crippen LogP contribution in [0.25, 0.3) is 77.7 Å². The number of aromatic nitrogens is 3. The van der Waals surface area contributed by atoms with Crippen molar-refractivity contribution >= 4 is 60.6 Å². The maximum atomic E-state index is 2.61. The molecule has 1 unspecified atom stereocenters. The first kappa shape index (κ1) is 28.2. The zero-order chi connectivity index (χ0) is 33.0. The van der Waals surface area contributed by atoms with Crippen molar-refractivity contribution in [2.75, 3.05) is 0 Å². The minimum Gasteiger partial charge on any atom is -0.312 e. The van der Waals surface area contributed by atoms with Gasteiger partial charge in [0.15, 0.2) is 0 Å². The van der Waals surface area contributed by atoms with Gasteiger partial charge in [-0.25, -0.2) is 0 Å². The monoisotopic (exact) mass is 631 g/mol. The predicted molar refractivity (Wildman–Crippen MR) is 208 cm³/mol. The Morgan fingerprint density at radius 3 is 1.16 bits per heavy atom. The molecule has 0 spiro atoms. The largest absolute Gasteiger partial charge is 0.312 e. The lowest BCUT2D eigenvalue weighted by Gasteiger charge is -2.28. The molecule has 3 heteroatoms. The van der Waals surface area contributed by atoms with Gasteiger partial charge in [0.1, 0.15) is 0 Å². The van der Waals surface area contributed by atoms with Crippen LogP contribution in [0.3, 0.4) is 0 Å². The standard InChI is InChI=1S/C46H37N3/c1-28-25-26-37-36-19-9-14-24-42(36)49(43(37)27-28)46-30(3)44(47-38-20-10-5-15-32(38)33-16-6-11-21-39(33)47)29(2)45(31(46)4)48-40-22-12-7-17-34(40)35-18-8-13-23-41(35)48/h5-26,28H,27H2,1-4H3. The number of fused-ring (bicyclic) bond motifs is 9. The highest BCUT2D eigenvalue weighted by Gasteiger charge is 2.29. The van der Waals surface area contributed by atoms with E-state index >= 15 is 0 Å². The molecule has 0 saturated heterocycles. The van der Waals surface area contributed by atoms with Gasteiger partial charge in [0.05, 0.1) is 44.6 Å². The Bertz CT molecular complexity index is 2600. The number of para-hydroxylation sites is 5. The van der Waals surface area contributed by atoms with Gasteiger partial charge in [-0.15, -0.1) is 0 Å². The zero-order valence-electron chi connectivity index (χ0n) is 28.3. The van der Waals surface area contributed by atoms with Gasteiger partial charge in [0, 0.05) is 38.2 Å². The van der Waals surface area contributed by atoms with Crippen molar-refractivity contribution in [2.24, 2.45) is 5.92 Å². The number of hydrogen-bond donors (Lipinski definition) is 0. The Kier molecular flexibility index (Phi) is 5.96. The lowest BCUT2D eigenvalue weighted by Crippen LogP contribution is -2.15. The van der Waals surface area contributed by atoms with E-state index in [1.807, 2.05) is 0 Å². The highest BCUT2D eigenvalue weighted by Crippen LogP contribution is 2.45. The fraction of sp³-hybridized carbons (Fsp3) is 0.130. The molecule has 49 heavy (non-hydrogen) atoms. The third-order valence-corrected chi connectivity index (χ3v) is 11.1. The van der Waals surface area contributed by atoms with Crippen LogP contribution in [0.2, 0.25) is 0 Å². The van der Waals surface area contributed by atoms with Crippen LogP contribution in [0.1, 0.15) is 34.9 Å². The summed E-state index contributed by atoms with van der Waals surface area (Å²) in [5.74, 6) is 0.468. The molecule has 9 aromatic rings. The quantitative estimate of drug-likeness (QED) is 0.184. The van der Waals surface area contributed by atoms with Crippen molar-refractivity contribution in [3.63, 3.8) is 0 Å². The van der Waals surface area contributed by atoms with E-state index in [9.17, 15) is 0 Å². The van der Waals surface area contributed by atoms with Crippen LogP contribution >= 0.6 is 0 Å². The molecule has 0 radical (unpaired) electrons. The second-order valence-corrected chi connectivity index (χ2v) is 13.9. The summed E-state index contributed by atoms with van der Waals surface area (Å²) in [4.78, 5) is 0. The molecule has 10 rings (SSSR count). The topological polar surface area (TPSA) is 14.8 Å². The number of allylic oxidation sites excluding steroid dienone is 1. The average molecular weight is 632 g/mol. The van der Waals surface area contributed by atoms with Crippen LogP contribution in [-0.2, 0) is 6.42 Å². The van der Waals surface area contributed by atoms with Crippen LogP contribution in [-0.4, -0.2) is 13.7 Å². The summed E-state index contributed by atoms with van der Waals surface area (Å²) in [5.41, 5.74) is 16.6. The van der Waals surface area contributed by atoms with Gasteiger partial charge < -0.3 is 13.7 Å². The molecule has 0 amide bonds. The number of hydrogen-bond acceptors (Lipinski definition) is 0. The Labute approximate surface area is 285 Å². The van der Waals surface area contributed by atoms with Crippen LogP contribution in [0.4, 0.5) is 0 Å². The van der Waals surface area contributed by atoms with E-state index in [2.05, 4.69) is 175 Å². The molecule has 3 nitrogen and oxygen atoms in total. The van der Waals surface area contributed by atoms with Gasteiger partial charge in [-0.2, -0.15) is 0 Å². The van der Waals surface area contributed by atoms with Crippen LogP contribution < -0.4 is 0 Å². The third-order valence-electron chi connectivity index (χ3n) is 11.1. The van der Waals surface area contributed by atoms with Gasteiger partial charge in [0.2, 0.25) is 0 Å². The van der Waals surface area contributed by atoms with E-state index in [1.54, 1.807) is 0 Å². The van der Waals surface area contributed by atoms with Gasteiger partial charge >= 0.3 is 0 Å². The molecule has 1 aliphatic rings. The Morgan fingerprint density at radius 2 is 0.755 bits per heavy atom. The minimum atomic E-state index is 0.468. The van der Waals surface area contributed by atoms with E-state index in [0.717, 1.165) is 6.42 Å². The summed E-state index contributed by atoms with van der Waals surface area (Å²) in [5, 5.41) is 6.43. The molecule has 0 N–H and O–H groups in total. The first-order valence-corrected chi connectivity index (χ1v) is 17.4. The predicted octanol–water partition coefficient (Wildman–Crippen LogP) is 12.0. The molecule has 0 aliphatic heterocycles. The van der Waals surface area contributed by atoms with E-state index < -0.39 is 0 Å². The maximum absolute atomic E-state index is 2.61. The molecule has 3 heterocycles. The molecule has 1 aliphatic carbocycles. The Hall–Kier alpha value is -5.80. The Morgan fingerprint density at radius 1 is 0.429 bits per heavy atom. The number of nitrogens with zero attached hydrogens (tertiary/aromatic N) is 3. The van der Waals surface area contributed by atoms with Crippen LogP contribution in [0.15, 0.2) is 127 Å². The van der Waals surface area contributed by atoms with Gasteiger partial charge in [0.25, 0.3) is 0 Å². The summed E-state index contributed by atoms with van der Waals surface area (Å²) >= 11 is 0. The van der Waals surface area contributed by atoms with Crippen molar-refractivity contribution in [1.82, 2.24) is 13.7 Å². The smallest absolute Gasteiger partial charge is 0.0562 e. The first-order valence-electron chi connectivity index (χ1n) is 17.4. The normalized spacial score (nSPS) is 14.6. The number of benzene rings is 6. The van der Waals surface area contributed by atoms with Crippen molar-refractivity contribution < 1.29 is 0 Å². The van der Waals surface area contributed by atoms with E-state index in [1.165, 1.54) is 99.5 Å². The molecule has 0 saturated carbocycles. The minimum absolute atomic E-state index is 0.468. The summed E-state index contributed by atoms with van der Waals surface area (Å²) in [6, 6.07) is 44.6. The summed E-state index contributed by atoms with van der Waals surface area (Å²) < 4.78 is 7.69. The van der Waals surface area contributed by atoms with Gasteiger partial charge in [-0.1, -0.05) is 110 Å². The van der Waals surface area contributed by atoms with Gasteiger partial charge in [-0.05, 0) is 80.1 Å². The maximum Gasteiger partial charge on any atom is 0.0562 e. The van der Waals surface area contributed by atoms with Crippen molar-refractivity contribution in [3.05, 3.63) is 155 Å². The van der Waals surface area contributed by atoms with Crippen molar-refractivity contribution in [1.29, 1.82) is 0 Å². The van der Waals surface area contributed by atoms with Crippen LogP contribution in [0, 0.1) is 26.7 Å². The SMILES string of the molecule is Cc1c(-n2c3c(c4ccccc42)C=CC(C)C3)c(C)c(-n2c3ccccc3c3ccccc32)c(C)c1-n1c2ccccc2c2ccccc21. The summed E-state index contributed by atoms with van der Waals surface area (Å²) in [7, 11) is 0. The lowest BCUT2D eigenvalue weighted by molar-refractivity contribution is 0.689. The molecule has 0 bridgehead atoms. The molecular weight excluding hydrogens is 595 g/mol. The molecule has 0 fully saturated rings. The first-order chi connectivity index (χ1) is 24.0. The molecule has 3 aromatic heterocycles. The average Bonchev–Trinajstić information content (AvgIpc) is 3.75. The van der Waals surface area contributed by atoms with E-state index in [-0.39, 0.29) is 0 Å². The second-order valence-electron chi connectivity index (χ2n) is 13.9. The van der Waals surface area contributed by atoms with Gasteiger partial charge in [-0.3, -0.25) is 0 Å². The lowest BCUT2D eigenvalue weighted by atomic mass is 9.94. The van der Waals surface area contributed by atoms with E-state index in [4.69, 9.17) is 0 Å². The molecular formula is C46H37N3.